The van der Waals surface area contributed by atoms with Crippen molar-refractivity contribution < 1.29 is 8.42 Å². The van der Waals surface area contributed by atoms with Crippen LogP contribution in [0.15, 0.2) is 54.9 Å². The van der Waals surface area contributed by atoms with Gasteiger partial charge in [0.25, 0.3) is 0 Å². The zero-order chi connectivity index (χ0) is 19.0. The zero-order valence-corrected chi connectivity index (χ0v) is 15.6. The molecule has 136 valence electrons. The normalized spacial score (nSPS) is 15.3. The molecule has 1 N–H and O–H groups in total. The first-order valence-electron chi connectivity index (χ1n) is 8.54. The van der Waals surface area contributed by atoms with Crippen molar-refractivity contribution in [3.63, 3.8) is 0 Å². The number of nitriles is 1. The maximum Gasteiger partial charge on any atom is 0.211 e. The van der Waals surface area contributed by atoms with Crippen molar-refractivity contribution in [3.05, 3.63) is 60.4 Å². The molecule has 2 heterocycles. The van der Waals surface area contributed by atoms with Crippen LogP contribution in [0, 0.1) is 11.3 Å². The van der Waals surface area contributed by atoms with E-state index in [0.29, 0.717) is 18.7 Å². The molecule has 4 rings (SSSR count). The summed E-state index contributed by atoms with van der Waals surface area (Å²) in [7, 11) is -3.14. The first-order valence-corrected chi connectivity index (χ1v) is 10.4. The van der Waals surface area contributed by atoms with Crippen LogP contribution in [0.25, 0.3) is 21.9 Å². The zero-order valence-electron chi connectivity index (χ0n) is 14.8. The summed E-state index contributed by atoms with van der Waals surface area (Å²) in [4.78, 5) is 4.22. The summed E-state index contributed by atoms with van der Waals surface area (Å²) in [5.74, 6) is 0. The summed E-state index contributed by atoms with van der Waals surface area (Å²) in [6, 6.07) is 15.8. The highest BCUT2D eigenvalue weighted by molar-refractivity contribution is 7.88. The summed E-state index contributed by atoms with van der Waals surface area (Å²) in [6.07, 6.45) is 4.78. The predicted molar refractivity (Wildman–Crippen MR) is 106 cm³/mol. The van der Waals surface area contributed by atoms with Crippen LogP contribution in [0.2, 0.25) is 0 Å². The molecule has 1 aliphatic heterocycles. The number of pyridine rings is 1. The summed E-state index contributed by atoms with van der Waals surface area (Å²) in [5.41, 5.74) is 3.48. The Balaban J connectivity index is 1.70. The summed E-state index contributed by atoms with van der Waals surface area (Å²) in [5, 5.41) is 14.6. The molecule has 7 heteroatoms. The average Bonchev–Trinajstić information content (AvgIpc) is 2.63. The van der Waals surface area contributed by atoms with Crippen LogP contribution in [-0.2, 0) is 10.0 Å². The lowest BCUT2D eigenvalue weighted by Crippen LogP contribution is -2.56. The van der Waals surface area contributed by atoms with Crippen LogP contribution in [0.5, 0.6) is 0 Å². The van der Waals surface area contributed by atoms with E-state index in [1.165, 1.54) is 10.6 Å². The SMILES string of the molecule is CS(=O)(=O)N1CC(Nc2cc(-c3cccc(C#N)c3)cc3ccncc23)C1. The van der Waals surface area contributed by atoms with Gasteiger partial charge in [-0.25, -0.2) is 8.42 Å². The standard InChI is InChI=1S/C20H18N4O2S/c1-27(25,26)24-12-18(13-24)23-20-9-17(8-16-5-6-22-11-19(16)20)15-4-2-3-14(7-15)10-21/h2-9,11,18,23H,12-13H2,1H3. The summed E-state index contributed by atoms with van der Waals surface area (Å²) >= 11 is 0. The Morgan fingerprint density at radius 1 is 1.19 bits per heavy atom. The quantitative estimate of drug-likeness (QED) is 0.754. The number of hydrogen-bond donors (Lipinski definition) is 1. The molecule has 0 aliphatic carbocycles. The third-order valence-corrected chi connectivity index (χ3v) is 5.99. The lowest BCUT2D eigenvalue weighted by molar-refractivity contribution is 0.283. The molecule has 1 saturated heterocycles. The average molecular weight is 378 g/mol. The van der Waals surface area contributed by atoms with Gasteiger partial charge in [0.05, 0.1) is 23.9 Å². The molecule has 2 aromatic carbocycles. The fourth-order valence-corrected chi connectivity index (χ4v) is 4.17. The molecule has 0 atom stereocenters. The lowest BCUT2D eigenvalue weighted by Gasteiger charge is -2.38. The molecule has 0 radical (unpaired) electrons. The topological polar surface area (TPSA) is 86.1 Å². The molecule has 27 heavy (non-hydrogen) atoms. The predicted octanol–water partition coefficient (Wildman–Crippen LogP) is 2.83. The molecule has 0 bridgehead atoms. The molecular weight excluding hydrogens is 360 g/mol. The van der Waals surface area contributed by atoms with Gasteiger partial charge < -0.3 is 5.32 Å². The summed E-state index contributed by atoms with van der Waals surface area (Å²) < 4.78 is 24.6. The van der Waals surface area contributed by atoms with Gasteiger partial charge in [-0.15, -0.1) is 0 Å². The highest BCUT2D eigenvalue weighted by Gasteiger charge is 2.33. The van der Waals surface area contributed by atoms with Crippen LogP contribution in [0.4, 0.5) is 5.69 Å². The number of hydrogen-bond acceptors (Lipinski definition) is 5. The molecule has 6 nitrogen and oxygen atoms in total. The fourth-order valence-electron chi connectivity index (χ4n) is 3.27. The minimum absolute atomic E-state index is 0.0591. The van der Waals surface area contributed by atoms with Crippen molar-refractivity contribution in [3.8, 4) is 17.2 Å². The molecule has 1 aliphatic rings. The molecular formula is C20H18N4O2S. The van der Waals surface area contributed by atoms with Gasteiger partial charge in [0.1, 0.15) is 0 Å². The van der Waals surface area contributed by atoms with E-state index in [1.54, 1.807) is 18.5 Å². The number of benzene rings is 2. The number of rotatable bonds is 4. The van der Waals surface area contributed by atoms with E-state index in [1.807, 2.05) is 30.3 Å². The van der Waals surface area contributed by atoms with E-state index >= 15 is 0 Å². The van der Waals surface area contributed by atoms with E-state index < -0.39 is 10.0 Å². The number of fused-ring (bicyclic) bond motifs is 1. The molecule has 0 saturated carbocycles. The highest BCUT2D eigenvalue weighted by atomic mass is 32.2. The number of aromatic nitrogens is 1. The van der Waals surface area contributed by atoms with Crippen molar-refractivity contribution in [2.45, 2.75) is 6.04 Å². The van der Waals surface area contributed by atoms with Crippen LogP contribution in [-0.4, -0.2) is 43.1 Å². The lowest BCUT2D eigenvalue weighted by atomic mass is 9.99. The molecule has 0 spiro atoms. The highest BCUT2D eigenvalue weighted by Crippen LogP contribution is 2.32. The van der Waals surface area contributed by atoms with Crippen molar-refractivity contribution in [1.82, 2.24) is 9.29 Å². The number of nitrogens with one attached hydrogen (secondary N) is 1. The Morgan fingerprint density at radius 2 is 2.00 bits per heavy atom. The Kier molecular flexibility index (Phi) is 4.30. The van der Waals surface area contributed by atoms with Crippen LogP contribution >= 0.6 is 0 Å². The maximum atomic E-state index is 11.6. The first kappa shape index (κ1) is 17.5. The smallest absolute Gasteiger partial charge is 0.211 e. The number of anilines is 1. The minimum Gasteiger partial charge on any atom is -0.379 e. The molecule has 1 fully saturated rings. The van der Waals surface area contributed by atoms with Crippen molar-refractivity contribution >= 4 is 26.5 Å². The monoisotopic (exact) mass is 378 g/mol. The second-order valence-electron chi connectivity index (χ2n) is 6.73. The van der Waals surface area contributed by atoms with Gasteiger partial charge in [-0.05, 0) is 46.8 Å². The van der Waals surface area contributed by atoms with Gasteiger partial charge in [0, 0.05) is 36.6 Å². The van der Waals surface area contributed by atoms with Crippen molar-refractivity contribution in [2.24, 2.45) is 0 Å². The van der Waals surface area contributed by atoms with Crippen LogP contribution < -0.4 is 5.32 Å². The second kappa shape index (κ2) is 6.65. The third-order valence-electron chi connectivity index (χ3n) is 4.76. The fraction of sp³-hybridized carbons (Fsp3) is 0.200. The van der Waals surface area contributed by atoms with E-state index in [-0.39, 0.29) is 6.04 Å². The van der Waals surface area contributed by atoms with Gasteiger partial charge in [0.2, 0.25) is 10.0 Å². The minimum atomic E-state index is -3.14. The first-order chi connectivity index (χ1) is 12.9. The van der Waals surface area contributed by atoms with E-state index in [0.717, 1.165) is 27.6 Å². The maximum absolute atomic E-state index is 11.6. The van der Waals surface area contributed by atoms with Crippen LogP contribution in [0.3, 0.4) is 0 Å². The van der Waals surface area contributed by atoms with Crippen LogP contribution in [0.1, 0.15) is 5.56 Å². The Hall–Kier alpha value is -2.95. The van der Waals surface area contributed by atoms with Gasteiger partial charge in [-0.2, -0.15) is 9.57 Å². The molecule has 1 aromatic heterocycles. The second-order valence-corrected chi connectivity index (χ2v) is 8.72. The van der Waals surface area contributed by atoms with Crippen molar-refractivity contribution in [1.29, 1.82) is 5.26 Å². The molecule has 3 aromatic rings. The Morgan fingerprint density at radius 3 is 2.74 bits per heavy atom. The van der Waals surface area contributed by atoms with E-state index in [9.17, 15) is 8.42 Å². The largest absolute Gasteiger partial charge is 0.379 e. The summed E-state index contributed by atoms with van der Waals surface area (Å²) in [6.45, 7) is 0.906. The van der Waals surface area contributed by atoms with Gasteiger partial charge in [0.15, 0.2) is 0 Å². The number of nitrogens with zero attached hydrogens (tertiary/aromatic N) is 3. The van der Waals surface area contributed by atoms with E-state index in [4.69, 9.17) is 5.26 Å². The Labute approximate surface area is 158 Å². The third kappa shape index (κ3) is 3.50. The molecule has 0 unspecified atom stereocenters. The molecule has 0 amide bonds. The van der Waals surface area contributed by atoms with Crippen molar-refractivity contribution in [2.75, 3.05) is 24.7 Å². The van der Waals surface area contributed by atoms with Gasteiger partial charge in [-0.3, -0.25) is 4.98 Å². The van der Waals surface area contributed by atoms with Gasteiger partial charge >= 0.3 is 0 Å². The van der Waals surface area contributed by atoms with E-state index in [2.05, 4.69) is 22.4 Å². The Bertz CT molecular complexity index is 1160. The number of sulfonamides is 1. The van der Waals surface area contributed by atoms with Gasteiger partial charge in [-0.1, -0.05) is 12.1 Å².